The highest BCUT2D eigenvalue weighted by Gasteiger charge is 2.36. The number of hydrogen-bond donors (Lipinski definition) is 0. The van der Waals surface area contributed by atoms with E-state index in [1.54, 1.807) is 24.0 Å². The quantitative estimate of drug-likeness (QED) is 0.626. The molecule has 21 heavy (non-hydrogen) atoms. The molecule has 2 aromatic rings. The molecule has 0 N–H and O–H groups in total. The molecule has 1 fully saturated rings. The molecule has 112 valence electrons. The van der Waals surface area contributed by atoms with E-state index in [-0.39, 0.29) is 17.3 Å². The van der Waals surface area contributed by atoms with Gasteiger partial charge < -0.3 is 13.7 Å². The average Bonchev–Trinajstić information content (AvgIpc) is 3.03. The molecule has 1 aliphatic rings. The number of thioether (sulfide) groups is 1. The summed E-state index contributed by atoms with van der Waals surface area (Å²) in [7, 11) is 1.94. The van der Waals surface area contributed by atoms with Gasteiger partial charge in [0.1, 0.15) is 11.4 Å². The summed E-state index contributed by atoms with van der Waals surface area (Å²) in [6.07, 6.45) is 6.63. The zero-order valence-corrected chi connectivity index (χ0v) is 13.0. The predicted octanol–water partition coefficient (Wildman–Crippen LogP) is 3.40. The van der Waals surface area contributed by atoms with Crippen LogP contribution in [0.25, 0.3) is 0 Å². The molecule has 0 unspecified atom stereocenters. The van der Waals surface area contributed by atoms with Gasteiger partial charge in [-0.1, -0.05) is 11.8 Å². The van der Waals surface area contributed by atoms with Crippen LogP contribution in [0.5, 0.6) is 0 Å². The molecule has 2 heterocycles. The second-order valence-electron chi connectivity index (χ2n) is 5.57. The van der Waals surface area contributed by atoms with E-state index in [1.807, 2.05) is 30.8 Å². The molecule has 0 bridgehead atoms. The van der Waals surface area contributed by atoms with Crippen LogP contribution in [0, 0.1) is 0 Å². The Morgan fingerprint density at radius 1 is 1.52 bits per heavy atom. The summed E-state index contributed by atoms with van der Waals surface area (Å²) in [5, 5.41) is 0.914. The van der Waals surface area contributed by atoms with Crippen LogP contribution < -0.4 is 0 Å². The predicted molar refractivity (Wildman–Crippen MR) is 79.1 cm³/mol. The van der Waals surface area contributed by atoms with Crippen molar-refractivity contribution in [3.8, 4) is 0 Å². The highest BCUT2D eigenvalue weighted by atomic mass is 32.2. The van der Waals surface area contributed by atoms with Crippen molar-refractivity contribution in [3.63, 3.8) is 0 Å². The van der Waals surface area contributed by atoms with E-state index >= 15 is 0 Å². The summed E-state index contributed by atoms with van der Waals surface area (Å²) in [6.45, 7) is 1.97. The molecule has 1 aliphatic carbocycles. The van der Waals surface area contributed by atoms with Crippen LogP contribution in [-0.2, 0) is 17.5 Å². The molecule has 5 nitrogen and oxygen atoms in total. The maximum atomic E-state index is 12.0. The van der Waals surface area contributed by atoms with Crippen molar-refractivity contribution in [2.45, 2.75) is 42.7 Å². The number of furan rings is 1. The number of carbonyl (C=O) groups is 1. The van der Waals surface area contributed by atoms with Crippen LogP contribution in [0.2, 0.25) is 0 Å². The second kappa shape index (κ2) is 5.60. The number of aryl methyl sites for hydroxylation is 1. The fraction of sp³-hybridized carbons (Fsp3) is 0.467. The van der Waals surface area contributed by atoms with Crippen molar-refractivity contribution in [1.29, 1.82) is 0 Å². The number of aromatic nitrogens is 2. The Labute approximate surface area is 127 Å². The molecule has 0 atom stereocenters. The van der Waals surface area contributed by atoms with E-state index in [4.69, 9.17) is 9.15 Å². The summed E-state index contributed by atoms with van der Waals surface area (Å²) in [5.74, 6) is 1.28. The highest BCUT2D eigenvalue weighted by Crippen LogP contribution is 2.35. The average molecular weight is 306 g/mol. The topological polar surface area (TPSA) is 57.3 Å². The number of carbonyl (C=O) groups excluding carboxylic acids is 1. The Balaban J connectivity index is 1.58. The molecule has 0 spiro atoms. The zero-order valence-electron chi connectivity index (χ0n) is 12.2. The molecule has 0 saturated heterocycles. The van der Waals surface area contributed by atoms with Gasteiger partial charge in [-0.2, -0.15) is 0 Å². The maximum Gasteiger partial charge on any atom is 0.374 e. The van der Waals surface area contributed by atoms with Gasteiger partial charge in [-0.3, -0.25) is 0 Å². The normalized spacial score (nSPS) is 16.5. The zero-order chi connectivity index (χ0) is 14.9. The summed E-state index contributed by atoms with van der Waals surface area (Å²) in [5.41, 5.74) is -0.300. The fourth-order valence-corrected chi connectivity index (χ4v) is 3.07. The Morgan fingerprint density at radius 2 is 2.33 bits per heavy atom. The molecule has 0 aliphatic heterocycles. The molecule has 6 heteroatoms. The third-order valence-corrected chi connectivity index (χ3v) is 4.81. The van der Waals surface area contributed by atoms with E-state index in [1.165, 1.54) is 0 Å². The van der Waals surface area contributed by atoms with Gasteiger partial charge in [0.2, 0.25) is 5.76 Å². The van der Waals surface area contributed by atoms with Gasteiger partial charge in [-0.05, 0) is 38.3 Å². The van der Waals surface area contributed by atoms with Crippen LogP contribution in [0.3, 0.4) is 0 Å². The minimum Gasteiger partial charge on any atom is -0.454 e. The Kier molecular flexibility index (Phi) is 3.80. The van der Waals surface area contributed by atoms with Crippen LogP contribution in [-0.4, -0.2) is 21.1 Å². The van der Waals surface area contributed by atoms with Crippen molar-refractivity contribution < 1.29 is 13.9 Å². The van der Waals surface area contributed by atoms with Gasteiger partial charge in [0.05, 0.1) is 5.75 Å². The monoisotopic (exact) mass is 306 g/mol. The van der Waals surface area contributed by atoms with Crippen LogP contribution in [0.15, 0.2) is 34.1 Å². The summed E-state index contributed by atoms with van der Waals surface area (Å²) in [4.78, 5) is 16.2. The third kappa shape index (κ3) is 3.15. The summed E-state index contributed by atoms with van der Waals surface area (Å²) >= 11 is 1.57. The van der Waals surface area contributed by atoms with Gasteiger partial charge in [0.15, 0.2) is 5.16 Å². The summed E-state index contributed by atoms with van der Waals surface area (Å²) in [6, 6.07) is 3.49. The van der Waals surface area contributed by atoms with Crippen molar-refractivity contribution in [2.24, 2.45) is 7.05 Å². The van der Waals surface area contributed by atoms with Crippen LogP contribution >= 0.6 is 11.8 Å². The number of esters is 1. The number of rotatable bonds is 5. The first kappa shape index (κ1) is 14.3. The Morgan fingerprint density at radius 3 is 2.95 bits per heavy atom. The lowest BCUT2D eigenvalue weighted by molar-refractivity contribution is -0.0521. The van der Waals surface area contributed by atoms with Gasteiger partial charge in [-0.25, -0.2) is 9.78 Å². The highest BCUT2D eigenvalue weighted by molar-refractivity contribution is 7.98. The van der Waals surface area contributed by atoms with Crippen LogP contribution in [0.4, 0.5) is 0 Å². The molecule has 1 saturated carbocycles. The molecular formula is C15H18N2O3S. The van der Waals surface area contributed by atoms with E-state index in [2.05, 4.69) is 4.98 Å². The van der Waals surface area contributed by atoms with E-state index < -0.39 is 0 Å². The number of nitrogens with zero attached hydrogens (tertiary/aromatic N) is 2. The smallest absolute Gasteiger partial charge is 0.374 e. The van der Waals surface area contributed by atoms with Crippen molar-refractivity contribution in [1.82, 2.24) is 9.55 Å². The Bertz CT molecular complexity index is 643. The molecule has 0 amide bonds. The first-order chi connectivity index (χ1) is 10.1. The lowest BCUT2D eigenvalue weighted by Gasteiger charge is -2.37. The molecule has 3 rings (SSSR count). The van der Waals surface area contributed by atoms with Crippen molar-refractivity contribution in [3.05, 3.63) is 36.0 Å². The molecule has 0 aromatic carbocycles. The van der Waals surface area contributed by atoms with E-state index in [0.29, 0.717) is 5.75 Å². The number of hydrogen-bond acceptors (Lipinski definition) is 5. The molecule has 2 aromatic heterocycles. The van der Waals surface area contributed by atoms with E-state index in [0.717, 1.165) is 30.2 Å². The van der Waals surface area contributed by atoms with Crippen molar-refractivity contribution in [2.75, 3.05) is 0 Å². The van der Waals surface area contributed by atoms with Crippen molar-refractivity contribution >= 4 is 17.7 Å². The van der Waals surface area contributed by atoms with E-state index in [9.17, 15) is 4.79 Å². The maximum absolute atomic E-state index is 12.0. The first-order valence-corrected chi connectivity index (χ1v) is 7.96. The minimum absolute atomic E-state index is 0.276. The SMILES string of the molecule is Cn1ccnc1SCc1ccc(C(=O)OC2(C)CCC2)o1. The third-order valence-electron chi connectivity index (χ3n) is 3.73. The van der Waals surface area contributed by atoms with Gasteiger partial charge >= 0.3 is 5.97 Å². The number of imidazole rings is 1. The minimum atomic E-state index is -0.370. The second-order valence-corrected chi connectivity index (χ2v) is 6.51. The lowest BCUT2D eigenvalue weighted by Crippen LogP contribution is -2.38. The standard InChI is InChI=1S/C15H18N2O3S/c1-15(6-3-7-15)20-13(18)12-5-4-11(19-12)10-21-14-16-8-9-17(14)2/h4-5,8-9H,3,6-7,10H2,1-2H3. The first-order valence-electron chi connectivity index (χ1n) is 6.98. The summed E-state index contributed by atoms with van der Waals surface area (Å²) < 4.78 is 13.0. The Hall–Kier alpha value is -1.69. The molecule has 0 radical (unpaired) electrons. The lowest BCUT2D eigenvalue weighted by atomic mass is 9.82. The van der Waals surface area contributed by atoms with Gasteiger partial charge in [0.25, 0.3) is 0 Å². The number of ether oxygens (including phenoxy) is 1. The van der Waals surface area contributed by atoms with Crippen LogP contribution in [0.1, 0.15) is 42.5 Å². The largest absolute Gasteiger partial charge is 0.454 e. The van der Waals surface area contributed by atoms with Gasteiger partial charge in [-0.15, -0.1) is 0 Å². The fourth-order valence-electron chi connectivity index (χ4n) is 2.24. The molecular weight excluding hydrogens is 288 g/mol. The van der Waals surface area contributed by atoms with Gasteiger partial charge in [0, 0.05) is 19.4 Å².